The molecule has 0 spiro atoms. The Kier molecular flexibility index (Phi) is 5.09. The Labute approximate surface area is 136 Å². The highest BCUT2D eigenvalue weighted by atomic mass is 16.4. The summed E-state index contributed by atoms with van der Waals surface area (Å²) in [4.78, 5) is 8.86. The van der Waals surface area contributed by atoms with Gasteiger partial charge in [0.05, 0.1) is 25.4 Å². The summed E-state index contributed by atoms with van der Waals surface area (Å²) in [5.74, 6) is 1.62. The van der Waals surface area contributed by atoms with E-state index in [2.05, 4.69) is 26.9 Å². The number of oxazole rings is 1. The van der Waals surface area contributed by atoms with Crippen LogP contribution < -0.4 is 0 Å². The van der Waals surface area contributed by atoms with Crippen LogP contribution in [0.4, 0.5) is 0 Å². The second-order valence-corrected chi connectivity index (χ2v) is 6.36. The molecule has 126 valence electrons. The quantitative estimate of drug-likeness (QED) is 0.812. The molecule has 0 aromatic carbocycles. The summed E-state index contributed by atoms with van der Waals surface area (Å²) in [6.45, 7) is 5.83. The van der Waals surface area contributed by atoms with Crippen molar-refractivity contribution in [3.63, 3.8) is 0 Å². The second kappa shape index (κ2) is 7.25. The van der Waals surface area contributed by atoms with Crippen LogP contribution in [-0.4, -0.2) is 68.5 Å². The van der Waals surface area contributed by atoms with Crippen LogP contribution in [0, 0.1) is 6.92 Å². The van der Waals surface area contributed by atoms with Gasteiger partial charge in [-0.1, -0.05) is 0 Å². The van der Waals surface area contributed by atoms with Crippen LogP contribution in [0.3, 0.4) is 0 Å². The first-order chi connectivity index (χ1) is 11.1. The molecule has 2 aromatic rings. The maximum atomic E-state index is 10.2. The largest absolute Gasteiger partial charge is 0.445 e. The highest BCUT2D eigenvalue weighted by molar-refractivity contribution is 4.92. The third-order valence-electron chi connectivity index (χ3n) is 4.35. The number of β-amino-alcohol motifs (C(OH)–C–C–N with tert-alkyl or cyclic N) is 1. The van der Waals surface area contributed by atoms with Crippen molar-refractivity contribution in [1.29, 1.82) is 0 Å². The van der Waals surface area contributed by atoms with Gasteiger partial charge in [0.2, 0.25) is 5.89 Å². The van der Waals surface area contributed by atoms with Crippen molar-refractivity contribution in [2.45, 2.75) is 38.6 Å². The maximum absolute atomic E-state index is 10.2. The fourth-order valence-electron chi connectivity index (χ4n) is 3.13. The molecule has 0 radical (unpaired) electrons. The molecular formula is C16H25N5O2. The summed E-state index contributed by atoms with van der Waals surface area (Å²) in [6.07, 6.45) is 6.08. The lowest BCUT2D eigenvalue weighted by Gasteiger charge is -2.24. The van der Waals surface area contributed by atoms with Gasteiger partial charge in [-0.25, -0.2) is 4.98 Å². The van der Waals surface area contributed by atoms with Crippen molar-refractivity contribution in [1.82, 2.24) is 24.6 Å². The number of aliphatic hydroxyl groups excluding tert-OH is 1. The fraction of sp³-hybridized carbons (Fsp3) is 0.625. The van der Waals surface area contributed by atoms with Crippen molar-refractivity contribution in [3.05, 3.63) is 36.3 Å². The number of hydrogen-bond donors (Lipinski definition) is 1. The Morgan fingerprint density at radius 3 is 3.04 bits per heavy atom. The van der Waals surface area contributed by atoms with Crippen LogP contribution >= 0.6 is 0 Å². The molecule has 1 N–H and O–H groups in total. The zero-order valence-corrected chi connectivity index (χ0v) is 13.8. The van der Waals surface area contributed by atoms with E-state index in [0.29, 0.717) is 19.1 Å². The molecule has 23 heavy (non-hydrogen) atoms. The minimum atomic E-state index is -0.395. The molecule has 7 nitrogen and oxygen atoms in total. The summed E-state index contributed by atoms with van der Waals surface area (Å²) in [5, 5.41) is 14.3. The molecule has 0 aliphatic carbocycles. The first-order valence-corrected chi connectivity index (χ1v) is 8.09. The van der Waals surface area contributed by atoms with Gasteiger partial charge in [0.15, 0.2) is 0 Å². The van der Waals surface area contributed by atoms with Crippen LogP contribution in [0.2, 0.25) is 0 Å². The minimum Gasteiger partial charge on any atom is -0.445 e. The number of aliphatic hydroxyl groups is 1. The van der Waals surface area contributed by atoms with Crippen molar-refractivity contribution in [3.8, 4) is 0 Å². The summed E-state index contributed by atoms with van der Waals surface area (Å²) >= 11 is 0. The normalized spacial score (nSPS) is 20.4. The Bertz CT molecular complexity index is 597. The van der Waals surface area contributed by atoms with E-state index < -0.39 is 6.10 Å². The smallest absolute Gasteiger partial charge is 0.208 e. The van der Waals surface area contributed by atoms with Gasteiger partial charge in [0.1, 0.15) is 5.76 Å². The molecule has 3 rings (SSSR count). The van der Waals surface area contributed by atoms with E-state index in [1.807, 2.05) is 19.2 Å². The second-order valence-electron chi connectivity index (χ2n) is 6.36. The van der Waals surface area contributed by atoms with E-state index in [1.165, 1.54) is 0 Å². The summed E-state index contributed by atoms with van der Waals surface area (Å²) in [7, 11) is 2.11. The van der Waals surface area contributed by atoms with Crippen LogP contribution in [0.5, 0.6) is 0 Å². The van der Waals surface area contributed by atoms with Gasteiger partial charge in [-0.2, -0.15) is 5.10 Å². The third kappa shape index (κ3) is 4.40. The Morgan fingerprint density at radius 2 is 2.35 bits per heavy atom. The lowest BCUT2D eigenvalue weighted by molar-refractivity contribution is 0.101. The van der Waals surface area contributed by atoms with Gasteiger partial charge >= 0.3 is 0 Å². The molecule has 0 amide bonds. The molecule has 0 saturated carbocycles. The molecule has 2 aromatic heterocycles. The van der Waals surface area contributed by atoms with Gasteiger partial charge in [0.25, 0.3) is 0 Å². The summed E-state index contributed by atoms with van der Waals surface area (Å²) < 4.78 is 7.32. The monoisotopic (exact) mass is 319 g/mol. The number of aryl methyl sites for hydroxylation is 1. The van der Waals surface area contributed by atoms with Crippen LogP contribution in [-0.2, 0) is 13.1 Å². The van der Waals surface area contributed by atoms with Crippen LogP contribution in [0.25, 0.3) is 0 Å². The van der Waals surface area contributed by atoms with Gasteiger partial charge in [-0.05, 0) is 33.0 Å². The zero-order valence-electron chi connectivity index (χ0n) is 13.8. The highest BCUT2D eigenvalue weighted by Gasteiger charge is 2.27. The van der Waals surface area contributed by atoms with E-state index >= 15 is 0 Å². The van der Waals surface area contributed by atoms with Crippen LogP contribution in [0.1, 0.15) is 18.1 Å². The fourth-order valence-corrected chi connectivity index (χ4v) is 3.13. The minimum absolute atomic E-state index is 0.395. The average molecular weight is 319 g/mol. The van der Waals surface area contributed by atoms with E-state index in [-0.39, 0.29) is 0 Å². The number of hydrogen-bond acceptors (Lipinski definition) is 6. The molecule has 3 heterocycles. The van der Waals surface area contributed by atoms with E-state index in [1.54, 1.807) is 17.1 Å². The lowest BCUT2D eigenvalue weighted by atomic mass is 10.2. The first kappa shape index (κ1) is 16.2. The maximum Gasteiger partial charge on any atom is 0.208 e. The highest BCUT2D eigenvalue weighted by Crippen LogP contribution is 2.17. The van der Waals surface area contributed by atoms with Crippen molar-refractivity contribution in [2.75, 3.05) is 26.7 Å². The standard InChI is InChI=1S/C16H25N5O2/c1-13-8-17-16(23-13)12-19(2)14-4-7-20(9-14)10-15(22)11-21-6-3-5-18-21/h3,5-6,8,14-15,22H,4,7,9-12H2,1-2H3/t14-,15+/m0/s1. The summed E-state index contributed by atoms with van der Waals surface area (Å²) in [5.41, 5.74) is 0. The Balaban J connectivity index is 1.44. The topological polar surface area (TPSA) is 70.6 Å². The number of aromatic nitrogens is 3. The zero-order chi connectivity index (χ0) is 16.2. The SMILES string of the molecule is Cc1cnc(CN(C)[C@H]2CCN(C[C@@H](O)Cn3cccn3)C2)o1. The molecule has 1 fully saturated rings. The van der Waals surface area contributed by atoms with Gasteiger partial charge in [-0.3, -0.25) is 14.5 Å². The van der Waals surface area contributed by atoms with E-state index in [4.69, 9.17) is 4.42 Å². The Morgan fingerprint density at radius 1 is 1.48 bits per heavy atom. The lowest BCUT2D eigenvalue weighted by Crippen LogP contribution is -2.37. The summed E-state index contributed by atoms with van der Waals surface area (Å²) in [6, 6.07) is 2.34. The predicted octanol–water partition coefficient (Wildman–Crippen LogP) is 0.747. The van der Waals surface area contributed by atoms with Gasteiger partial charge < -0.3 is 9.52 Å². The molecule has 0 bridgehead atoms. The predicted molar refractivity (Wildman–Crippen MR) is 85.8 cm³/mol. The van der Waals surface area contributed by atoms with Crippen LogP contribution in [0.15, 0.2) is 29.1 Å². The molecule has 1 aliphatic rings. The average Bonchev–Trinajstić information content (AvgIpc) is 3.22. The van der Waals surface area contributed by atoms with E-state index in [0.717, 1.165) is 37.7 Å². The van der Waals surface area contributed by atoms with Gasteiger partial charge in [0, 0.05) is 31.5 Å². The number of nitrogens with zero attached hydrogens (tertiary/aromatic N) is 5. The Hall–Kier alpha value is -1.70. The number of likely N-dealkylation sites (N-methyl/N-ethyl adjacent to an activating group) is 1. The van der Waals surface area contributed by atoms with Crippen molar-refractivity contribution >= 4 is 0 Å². The number of rotatable bonds is 7. The third-order valence-corrected chi connectivity index (χ3v) is 4.35. The molecular weight excluding hydrogens is 294 g/mol. The van der Waals surface area contributed by atoms with Gasteiger partial charge in [-0.15, -0.1) is 0 Å². The molecule has 0 unspecified atom stereocenters. The molecule has 1 aliphatic heterocycles. The van der Waals surface area contributed by atoms with Crippen molar-refractivity contribution in [2.24, 2.45) is 0 Å². The number of likely N-dealkylation sites (tertiary alicyclic amines) is 1. The molecule has 2 atom stereocenters. The van der Waals surface area contributed by atoms with Crippen molar-refractivity contribution < 1.29 is 9.52 Å². The molecule has 1 saturated heterocycles. The first-order valence-electron chi connectivity index (χ1n) is 8.09. The van der Waals surface area contributed by atoms with E-state index in [9.17, 15) is 5.11 Å². The molecule has 7 heteroatoms.